The molecule has 29 heavy (non-hydrogen) atoms. The maximum Gasteiger partial charge on any atom is 0.333 e. The van der Waals surface area contributed by atoms with Gasteiger partial charge >= 0.3 is 5.97 Å². The first-order valence-electron chi connectivity index (χ1n) is 8.98. The summed E-state index contributed by atoms with van der Waals surface area (Å²) >= 11 is 2.87. The molecule has 0 bridgehead atoms. The van der Waals surface area contributed by atoms with Crippen LogP contribution in [0.2, 0.25) is 0 Å². The number of carbonyl (C=O) groups excluding carboxylic acids is 1. The van der Waals surface area contributed by atoms with Gasteiger partial charge in [-0.05, 0) is 54.6 Å². The van der Waals surface area contributed by atoms with Gasteiger partial charge in [-0.25, -0.2) is 9.18 Å². The quantitative estimate of drug-likeness (QED) is 0.447. The number of esters is 1. The van der Waals surface area contributed by atoms with Crippen molar-refractivity contribution in [3.05, 3.63) is 85.0 Å². The molecule has 0 fully saturated rings. The Hall–Kier alpha value is -2.64. The number of hydrogen-bond acceptors (Lipinski definition) is 5. The molecule has 4 nitrogen and oxygen atoms in total. The van der Waals surface area contributed by atoms with E-state index in [-0.39, 0.29) is 24.5 Å². The van der Waals surface area contributed by atoms with Gasteiger partial charge in [0.25, 0.3) is 5.56 Å². The number of hydrogen-bond donors (Lipinski definition) is 0. The Bertz CT molecular complexity index is 1160. The molecule has 1 heterocycles. The lowest BCUT2D eigenvalue weighted by atomic mass is 10.2. The largest absolute Gasteiger partial charge is 0.463 e. The molecule has 0 radical (unpaired) electrons. The highest BCUT2D eigenvalue weighted by Crippen LogP contribution is 2.15. The molecule has 7 heteroatoms. The van der Waals surface area contributed by atoms with Gasteiger partial charge in [-0.3, -0.25) is 9.36 Å². The molecule has 3 aromatic rings. The van der Waals surface area contributed by atoms with Crippen molar-refractivity contribution in [2.24, 2.45) is 0 Å². The molecule has 0 saturated heterocycles. The second kappa shape index (κ2) is 9.71. The van der Waals surface area contributed by atoms with Crippen molar-refractivity contribution < 1.29 is 13.9 Å². The summed E-state index contributed by atoms with van der Waals surface area (Å²) in [5, 5.41) is 0. The standard InChI is InChI=1S/C22H20FNO3S2/c1-3-27-21(25)13-20-24(14-16-4-8-17(23)9-5-16)22(26)19(29-20)12-15-6-10-18(28-2)11-7-15/h4-13H,3,14H2,1-2H3/b19-12+,20-13-. The molecule has 150 valence electrons. The maximum absolute atomic E-state index is 13.2. The summed E-state index contributed by atoms with van der Waals surface area (Å²) in [6.07, 6.45) is 5.14. The summed E-state index contributed by atoms with van der Waals surface area (Å²) in [5.74, 6) is -0.843. The second-order valence-corrected chi connectivity index (χ2v) is 8.08. The van der Waals surface area contributed by atoms with Crippen LogP contribution >= 0.6 is 23.1 Å². The van der Waals surface area contributed by atoms with E-state index in [0.717, 1.165) is 16.0 Å². The van der Waals surface area contributed by atoms with Gasteiger partial charge in [0, 0.05) is 4.90 Å². The number of nitrogens with zero attached hydrogens (tertiary/aromatic N) is 1. The fourth-order valence-electron chi connectivity index (χ4n) is 2.70. The van der Waals surface area contributed by atoms with Gasteiger partial charge in [0.05, 0.1) is 23.8 Å². The van der Waals surface area contributed by atoms with Crippen molar-refractivity contribution in [1.82, 2.24) is 4.57 Å². The highest BCUT2D eigenvalue weighted by molar-refractivity contribution is 7.98. The van der Waals surface area contributed by atoms with Crippen molar-refractivity contribution in [2.45, 2.75) is 18.4 Å². The van der Waals surface area contributed by atoms with Crippen LogP contribution in [-0.2, 0) is 16.1 Å². The average Bonchev–Trinajstić information content (AvgIpc) is 2.99. The lowest BCUT2D eigenvalue weighted by Gasteiger charge is -2.03. The van der Waals surface area contributed by atoms with Crippen LogP contribution in [-0.4, -0.2) is 23.4 Å². The lowest BCUT2D eigenvalue weighted by Crippen LogP contribution is -2.32. The van der Waals surface area contributed by atoms with E-state index in [1.165, 1.54) is 34.1 Å². The Kier molecular flexibility index (Phi) is 7.06. The summed E-state index contributed by atoms with van der Waals surface area (Å²) < 4.78 is 20.7. The SMILES string of the molecule is CCOC(=O)/C=c1\s/c(=C/c2ccc(SC)cc2)c(=O)n1Cc1ccc(F)cc1. The third kappa shape index (κ3) is 5.46. The smallest absolute Gasteiger partial charge is 0.333 e. The third-order valence-corrected chi connectivity index (χ3v) is 5.94. The summed E-state index contributed by atoms with van der Waals surface area (Å²) in [4.78, 5) is 26.1. The van der Waals surface area contributed by atoms with Crippen LogP contribution in [0.25, 0.3) is 12.2 Å². The van der Waals surface area contributed by atoms with Crippen LogP contribution in [0.3, 0.4) is 0 Å². The molecule has 3 rings (SSSR count). The predicted octanol–water partition coefficient (Wildman–Crippen LogP) is 2.99. The van der Waals surface area contributed by atoms with Gasteiger partial charge < -0.3 is 4.74 Å². The summed E-state index contributed by atoms with van der Waals surface area (Å²) in [6, 6.07) is 13.8. The number of benzene rings is 2. The van der Waals surface area contributed by atoms with Gasteiger partial charge in [-0.1, -0.05) is 24.3 Å². The van der Waals surface area contributed by atoms with E-state index >= 15 is 0 Å². The van der Waals surface area contributed by atoms with E-state index in [0.29, 0.717) is 9.20 Å². The topological polar surface area (TPSA) is 48.3 Å². The molecular formula is C22H20FNO3S2. The van der Waals surface area contributed by atoms with Crippen molar-refractivity contribution in [3.63, 3.8) is 0 Å². The zero-order valence-corrected chi connectivity index (χ0v) is 17.7. The number of ether oxygens (including phenoxy) is 1. The van der Waals surface area contributed by atoms with Gasteiger partial charge in [-0.15, -0.1) is 23.1 Å². The highest BCUT2D eigenvalue weighted by Gasteiger charge is 2.08. The van der Waals surface area contributed by atoms with Crippen molar-refractivity contribution in [3.8, 4) is 0 Å². The zero-order chi connectivity index (χ0) is 20.8. The van der Waals surface area contributed by atoms with Gasteiger partial charge in [0.2, 0.25) is 0 Å². The van der Waals surface area contributed by atoms with Crippen molar-refractivity contribution in [2.75, 3.05) is 12.9 Å². The maximum atomic E-state index is 13.2. The van der Waals surface area contributed by atoms with E-state index < -0.39 is 5.97 Å². The fourth-order valence-corrected chi connectivity index (χ4v) is 4.14. The van der Waals surface area contributed by atoms with Crippen LogP contribution in [0.4, 0.5) is 4.39 Å². The van der Waals surface area contributed by atoms with Gasteiger partial charge in [-0.2, -0.15) is 0 Å². The summed E-state index contributed by atoms with van der Waals surface area (Å²) in [7, 11) is 0. The normalized spacial score (nSPS) is 12.4. The average molecular weight is 430 g/mol. The molecular weight excluding hydrogens is 409 g/mol. The third-order valence-electron chi connectivity index (χ3n) is 4.13. The fraction of sp³-hybridized carbons (Fsp3) is 0.182. The van der Waals surface area contributed by atoms with Gasteiger partial charge in [0.15, 0.2) is 0 Å². The molecule has 0 atom stereocenters. The van der Waals surface area contributed by atoms with E-state index in [1.54, 1.807) is 36.9 Å². The Morgan fingerprint density at radius 3 is 2.48 bits per heavy atom. The lowest BCUT2D eigenvalue weighted by molar-refractivity contribution is -0.135. The Balaban J connectivity index is 2.09. The molecule has 0 saturated carbocycles. The number of thioether (sulfide) groups is 1. The molecule has 0 amide bonds. The molecule has 0 aliphatic heterocycles. The summed E-state index contributed by atoms with van der Waals surface area (Å²) in [5.41, 5.74) is 1.46. The molecule has 0 N–H and O–H groups in total. The van der Waals surface area contributed by atoms with Crippen LogP contribution in [0.5, 0.6) is 0 Å². The minimum Gasteiger partial charge on any atom is -0.463 e. The van der Waals surface area contributed by atoms with E-state index in [1.807, 2.05) is 30.5 Å². The number of carbonyl (C=O) groups is 1. The van der Waals surface area contributed by atoms with E-state index in [4.69, 9.17) is 4.74 Å². The minimum absolute atomic E-state index is 0.205. The number of rotatable bonds is 6. The number of halogens is 1. The molecule has 0 unspecified atom stereocenters. The second-order valence-electron chi connectivity index (χ2n) is 6.14. The molecule has 1 aromatic heterocycles. The molecule has 0 spiro atoms. The zero-order valence-electron chi connectivity index (χ0n) is 16.1. The predicted molar refractivity (Wildman–Crippen MR) is 116 cm³/mol. The number of thiazole rings is 1. The van der Waals surface area contributed by atoms with Crippen LogP contribution < -0.4 is 14.8 Å². The van der Waals surface area contributed by atoms with Gasteiger partial charge in [0.1, 0.15) is 10.5 Å². The van der Waals surface area contributed by atoms with Crippen molar-refractivity contribution >= 4 is 41.2 Å². The first kappa shape index (κ1) is 21.1. The molecule has 2 aromatic carbocycles. The minimum atomic E-state index is -0.502. The highest BCUT2D eigenvalue weighted by atomic mass is 32.2. The molecule has 0 aliphatic rings. The van der Waals surface area contributed by atoms with Crippen LogP contribution in [0, 0.1) is 5.82 Å². The first-order valence-corrected chi connectivity index (χ1v) is 11.0. The Morgan fingerprint density at radius 1 is 1.17 bits per heavy atom. The monoisotopic (exact) mass is 429 g/mol. The molecule has 0 aliphatic carbocycles. The first-order chi connectivity index (χ1) is 14.0. The van der Waals surface area contributed by atoms with Crippen LogP contribution in [0.1, 0.15) is 18.1 Å². The summed E-state index contributed by atoms with van der Waals surface area (Å²) in [6.45, 7) is 2.22. The van der Waals surface area contributed by atoms with Crippen LogP contribution in [0.15, 0.2) is 58.2 Å². The van der Waals surface area contributed by atoms with Crippen molar-refractivity contribution in [1.29, 1.82) is 0 Å². The van der Waals surface area contributed by atoms with E-state index in [9.17, 15) is 14.0 Å². The number of aromatic nitrogens is 1. The Labute approximate surface area is 176 Å². The Morgan fingerprint density at radius 2 is 1.86 bits per heavy atom. The van der Waals surface area contributed by atoms with E-state index in [2.05, 4.69) is 0 Å².